The predicted octanol–water partition coefficient (Wildman–Crippen LogP) is 1.56. The molecule has 0 aliphatic carbocycles. The van der Waals surface area contributed by atoms with Crippen molar-refractivity contribution in [3.8, 4) is 0 Å². The van der Waals surface area contributed by atoms with E-state index >= 15 is 0 Å². The Bertz CT molecular complexity index is 389. The molecular weight excluding hydrogens is 200 g/mol. The van der Waals surface area contributed by atoms with Gasteiger partial charge in [-0.2, -0.15) is 0 Å². The Hall–Kier alpha value is -1.35. The fourth-order valence-corrected chi connectivity index (χ4v) is 2.29. The molecule has 1 unspecified atom stereocenters. The highest BCUT2D eigenvalue weighted by molar-refractivity contribution is 5.94. The molecule has 1 amide bonds. The maximum Gasteiger partial charge on any atom is 0.228 e. The number of rotatable bonds is 2. The number of carbonyl (C=O) groups is 1. The van der Waals surface area contributed by atoms with Crippen molar-refractivity contribution in [2.75, 3.05) is 18.0 Å². The number of benzene rings is 1. The van der Waals surface area contributed by atoms with Crippen LogP contribution >= 0.6 is 0 Å². The van der Waals surface area contributed by atoms with Crippen LogP contribution < -0.4 is 10.6 Å². The van der Waals surface area contributed by atoms with E-state index in [-0.39, 0.29) is 5.91 Å². The standard InChI is InChI=1S/C13H18N2O/c1-10-8-11-4-2-3-5-12(11)15(9-10)13(16)6-7-14/h2-5,10H,6-9,14H2,1H3. The third kappa shape index (κ3) is 2.09. The molecule has 1 heterocycles. The molecule has 16 heavy (non-hydrogen) atoms. The first kappa shape index (κ1) is 11.1. The van der Waals surface area contributed by atoms with Gasteiger partial charge in [0.15, 0.2) is 0 Å². The van der Waals surface area contributed by atoms with E-state index in [0.717, 1.165) is 18.7 Å². The van der Waals surface area contributed by atoms with Gasteiger partial charge < -0.3 is 10.6 Å². The van der Waals surface area contributed by atoms with Crippen LogP contribution in [0.5, 0.6) is 0 Å². The van der Waals surface area contributed by atoms with E-state index < -0.39 is 0 Å². The van der Waals surface area contributed by atoms with Gasteiger partial charge in [-0.15, -0.1) is 0 Å². The average Bonchev–Trinajstić information content (AvgIpc) is 2.28. The summed E-state index contributed by atoms with van der Waals surface area (Å²) in [6, 6.07) is 8.14. The van der Waals surface area contributed by atoms with Crippen LogP contribution in [-0.2, 0) is 11.2 Å². The lowest BCUT2D eigenvalue weighted by Gasteiger charge is -2.33. The molecule has 0 spiro atoms. The lowest BCUT2D eigenvalue weighted by Crippen LogP contribution is -2.39. The molecule has 0 saturated heterocycles. The highest BCUT2D eigenvalue weighted by Gasteiger charge is 2.25. The number of carbonyl (C=O) groups excluding carboxylic acids is 1. The van der Waals surface area contributed by atoms with Crippen molar-refractivity contribution in [2.45, 2.75) is 19.8 Å². The zero-order valence-electron chi connectivity index (χ0n) is 9.65. The van der Waals surface area contributed by atoms with Crippen molar-refractivity contribution in [2.24, 2.45) is 11.7 Å². The van der Waals surface area contributed by atoms with Crippen LogP contribution in [0.4, 0.5) is 5.69 Å². The smallest absolute Gasteiger partial charge is 0.228 e. The Labute approximate surface area is 96.2 Å². The molecule has 1 aliphatic heterocycles. The van der Waals surface area contributed by atoms with E-state index in [1.807, 2.05) is 23.1 Å². The largest absolute Gasteiger partial charge is 0.330 e. The molecule has 2 rings (SSSR count). The van der Waals surface area contributed by atoms with Crippen molar-refractivity contribution in [1.29, 1.82) is 0 Å². The highest BCUT2D eigenvalue weighted by atomic mass is 16.2. The first-order valence-electron chi connectivity index (χ1n) is 5.80. The summed E-state index contributed by atoms with van der Waals surface area (Å²) in [6.07, 6.45) is 1.49. The molecule has 1 aromatic rings. The van der Waals surface area contributed by atoms with Crippen molar-refractivity contribution >= 4 is 11.6 Å². The van der Waals surface area contributed by atoms with Crippen molar-refractivity contribution < 1.29 is 4.79 Å². The Kier molecular flexibility index (Phi) is 3.25. The van der Waals surface area contributed by atoms with Gasteiger partial charge in [-0.25, -0.2) is 0 Å². The predicted molar refractivity (Wildman–Crippen MR) is 65.3 cm³/mol. The number of fused-ring (bicyclic) bond motifs is 1. The number of anilines is 1. The third-order valence-corrected chi connectivity index (χ3v) is 3.00. The quantitative estimate of drug-likeness (QED) is 0.819. The average molecular weight is 218 g/mol. The Balaban J connectivity index is 2.30. The Morgan fingerprint density at radius 3 is 3.00 bits per heavy atom. The second-order valence-corrected chi connectivity index (χ2v) is 4.48. The fraction of sp³-hybridized carbons (Fsp3) is 0.462. The zero-order valence-corrected chi connectivity index (χ0v) is 9.65. The molecule has 0 bridgehead atoms. The van der Waals surface area contributed by atoms with E-state index in [1.54, 1.807) is 0 Å². The van der Waals surface area contributed by atoms with E-state index in [9.17, 15) is 4.79 Å². The van der Waals surface area contributed by atoms with Crippen molar-refractivity contribution in [3.63, 3.8) is 0 Å². The van der Waals surface area contributed by atoms with Crippen molar-refractivity contribution in [1.82, 2.24) is 0 Å². The first-order chi connectivity index (χ1) is 7.72. The molecule has 1 aromatic carbocycles. The Morgan fingerprint density at radius 1 is 1.50 bits per heavy atom. The highest BCUT2D eigenvalue weighted by Crippen LogP contribution is 2.29. The molecule has 0 radical (unpaired) electrons. The van der Waals surface area contributed by atoms with Crippen LogP contribution in [0.15, 0.2) is 24.3 Å². The first-order valence-corrected chi connectivity index (χ1v) is 5.80. The van der Waals surface area contributed by atoms with E-state index in [2.05, 4.69) is 13.0 Å². The van der Waals surface area contributed by atoms with Crippen LogP contribution in [-0.4, -0.2) is 19.0 Å². The lowest BCUT2D eigenvalue weighted by molar-refractivity contribution is -0.118. The molecular formula is C13H18N2O. The molecule has 2 N–H and O–H groups in total. The summed E-state index contributed by atoms with van der Waals surface area (Å²) in [5, 5.41) is 0. The SMILES string of the molecule is CC1Cc2ccccc2N(C(=O)CCN)C1. The summed E-state index contributed by atoms with van der Waals surface area (Å²) in [6.45, 7) is 3.42. The third-order valence-electron chi connectivity index (χ3n) is 3.00. The summed E-state index contributed by atoms with van der Waals surface area (Å²) >= 11 is 0. The van der Waals surface area contributed by atoms with Gasteiger partial charge in [-0.3, -0.25) is 4.79 Å². The van der Waals surface area contributed by atoms with Gasteiger partial charge in [0.2, 0.25) is 5.91 Å². The maximum absolute atomic E-state index is 12.0. The van der Waals surface area contributed by atoms with Crippen LogP contribution in [0.3, 0.4) is 0 Å². The van der Waals surface area contributed by atoms with Crippen LogP contribution in [0.25, 0.3) is 0 Å². The zero-order chi connectivity index (χ0) is 11.5. The number of nitrogens with two attached hydrogens (primary N) is 1. The summed E-state index contributed by atoms with van der Waals surface area (Å²) in [4.78, 5) is 13.8. The van der Waals surface area contributed by atoms with Gasteiger partial charge in [-0.1, -0.05) is 25.1 Å². The number of hydrogen-bond donors (Lipinski definition) is 1. The second-order valence-electron chi connectivity index (χ2n) is 4.48. The Morgan fingerprint density at radius 2 is 2.25 bits per heavy atom. The minimum absolute atomic E-state index is 0.140. The van der Waals surface area contributed by atoms with Crippen LogP contribution in [0.1, 0.15) is 18.9 Å². The molecule has 86 valence electrons. The molecule has 0 fully saturated rings. The number of amides is 1. The minimum atomic E-state index is 0.140. The number of nitrogens with zero attached hydrogens (tertiary/aromatic N) is 1. The van der Waals surface area contributed by atoms with Gasteiger partial charge in [0.25, 0.3) is 0 Å². The topological polar surface area (TPSA) is 46.3 Å². The van der Waals surface area contributed by atoms with Gasteiger partial charge in [0.1, 0.15) is 0 Å². The lowest BCUT2D eigenvalue weighted by atomic mass is 9.94. The van der Waals surface area contributed by atoms with Gasteiger partial charge >= 0.3 is 0 Å². The maximum atomic E-state index is 12.0. The van der Waals surface area contributed by atoms with E-state index in [1.165, 1.54) is 5.56 Å². The van der Waals surface area contributed by atoms with E-state index in [4.69, 9.17) is 5.73 Å². The number of para-hydroxylation sites is 1. The summed E-state index contributed by atoms with van der Waals surface area (Å²) in [5.41, 5.74) is 7.78. The van der Waals surface area contributed by atoms with Gasteiger partial charge in [0.05, 0.1) is 0 Å². The molecule has 0 saturated carbocycles. The normalized spacial score (nSPS) is 19.4. The fourth-order valence-electron chi connectivity index (χ4n) is 2.29. The van der Waals surface area contributed by atoms with Crippen molar-refractivity contribution in [3.05, 3.63) is 29.8 Å². The minimum Gasteiger partial charge on any atom is -0.330 e. The summed E-state index contributed by atoms with van der Waals surface area (Å²) < 4.78 is 0. The van der Waals surface area contributed by atoms with Crippen LogP contribution in [0.2, 0.25) is 0 Å². The molecule has 3 heteroatoms. The van der Waals surface area contributed by atoms with Crippen LogP contribution in [0, 0.1) is 5.92 Å². The summed E-state index contributed by atoms with van der Waals surface area (Å²) in [5.74, 6) is 0.665. The molecule has 1 atom stereocenters. The molecule has 1 aliphatic rings. The number of hydrogen-bond acceptors (Lipinski definition) is 2. The molecule has 0 aromatic heterocycles. The molecule has 3 nitrogen and oxygen atoms in total. The van der Waals surface area contributed by atoms with E-state index in [0.29, 0.717) is 18.9 Å². The second kappa shape index (κ2) is 4.66. The monoisotopic (exact) mass is 218 g/mol. The van der Waals surface area contributed by atoms with Gasteiger partial charge in [-0.05, 0) is 24.0 Å². The summed E-state index contributed by atoms with van der Waals surface area (Å²) in [7, 11) is 0. The van der Waals surface area contributed by atoms with Gasteiger partial charge in [0, 0.05) is 25.2 Å².